The van der Waals surface area contributed by atoms with Crippen LogP contribution in [-0.2, 0) is 0 Å². The van der Waals surface area contributed by atoms with Crippen molar-refractivity contribution in [2.45, 2.75) is 6.92 Å². The molecule has 0 spiro atoms. The van der Waals surface area contributed by atoms with Crippen molar-refractivity contribution < 1.29 is 4.79 Å². The number of nitrogens with one attached hydrogen (secondary N) is 1. The molecule has 4 rings (SSSR count). The molecule has 1 saturated heterocycles. The van der Waals surface area contributed by atoms with Crippen LogP contribution < -0.4 is 10.2 Å². The van der Waals surface area contributed by atoms with Crippen LogP contribution in [0, 0.1) is 0 Å². The van der Waals surface area contributed by atoms with Gasteiger partial charge in [-0.2, -0.15) is 0 Å². The van der Waals surface area contributed by atoms with Crippen molar-refractivity contribution in [3.63, 3.8) is 0 Å². The van der Waals surface area contributed by atoms with Gasteiger partial charge in [0.25, 0.3) is 5.91 Å². The van der Waals surface area contributed by atoms with Gasteiger partial charge in [-0.3, -0.25) is 4.79 Å². The first kappa shape index (κ1) is 19.5. The number of carbonyl (C=O) groups is 1. The average Bonchev–Trinajstić information content (AvgIpc) is 3.05. The monoisotopic (exact) mass is 433 g/mol. The number of piperazine rings is 1. The molecule has 0 radical (unpaired) electrons. The van der Waals surface area contributed by atoms with Crippen LogP contribution in [0.2, 0.25) is 10.0 Å². The second-order valence-electron chi connectivity index (χ2n) is 6.75. The highest BCUT2D eigenvalue weighted by atomic mass is 35.5. The summed E-state index contributed by atoms with van der Waals surface area (Å²) in [5.74, 6) is -0.207. The molecule has 0 bridgehead atoms. The number of halogens is 2. The van der Waals surface area contributed by atoms with Gasteiger partial charge in [0, 0.05) is 36.3 Å². The van der Waals surface area contributed by atoms with E-state index in [1.807, 2.05) is 42.5 Å². The molecule has 28 heavy (non-hydrogen) atoms. The summed E-state index contributed by atoms with van der Waals surface area (Å²) >= 11 is 14.4. The molecule has 2 heterocycles. The van der Waals surface area contributed by atoms with Crippen molar-refractivity contribution in [2.24, 2.45) is 0 Å². The maximum absolute atomic E-state index is 13.0. The number of carbonyl (C=O) groups excluding carboxylic acids is 1. The number of anilines is 2. The van der Waals surface area contributed by atoms with E-state index in [1.54, 1.807) is 0 Å². The molecule has 1 amide bonds. The molecule has 0 aliphatic carbocycles. The van der Waals surface area contributed by atoms with E-state index in [1.165, 1.54) is 11.3 Å². The Morgan fingerprint density at radius 3 is 2.54 bits per heavy atom. The number of thiophene rings is 1. The average molecular weight is 434 g/mol. The minimum absolute atomic E-state index is 0.207. The molecular formula is C21H21Cl2N3OS. The maximum Gasteiger partial charge on any atom is 0.267 e. The molecule has 2 aromatic carbocycles. The molecule has 0 atom stereocenters. The Bertz CT molecular complexity index is 1010. The summed E-state index contributed by atoms with van der Waals surface area (Å²) in [6, 6.07) is 13.4. The van der Waals surface area contributed by atoms with Crippen LogP contribution in [-0.4, -0.2) is 43.5 Å². The van der Waals surface area contributed by atoms with Gasteiger partial charge < -0.3 is 15.1 Å². The highest BCUT2D eigenvalue weighted by Crippen LogP contribution is 2.38. The molecule has 4 nitrogen and oxygen atoms in total. The SMILES string of the molecule is CCN1CCN(c2c(Cl)cccc2NC(=O)c2sc3ccccc3c2Cl)CC1. The van der Waals surface area contributed by atoms with Crippen LogP contribution in [0.5, 0.6) is 0 Å². The first-order valence-electron chi connectivity index (χ1n) is 9.32. The summed E-state index contributed by atoms with van der Waals surface area (Å²) in [5.41, 5.74) is 1.60. The summed E-state index contributed by atoms with van der Waals surface area (Å²) in [4.78, 5) is 18.2. The standard InChI is InChI=1S/C21H21Cl2N3OS/c1-2-25-10-12-26(13-11-25)19-15(22)7-5-8-16(19)24-21(27)20-18(23)14-6-3-4-9-17(14)28-20/h3-9H,2,10-13H2,1H3,(H,24,27). The van der Waals surface area contributed by atoms with Gasteiger partial charge in [0.2, 0.25) is 0 Å². The lowest BCUT2D eigenvalue weighted by molar-refractivity contribution is 0.103. The van der Waals surface area contributed by atoms with Crippen LogP contribution in [0.15, 0.2) is 42.5 Å². The molecule has 3 aromatic rings. The summed E-state index contributed by atoms with van der Waals surface area (Å²) in [6.45, 7) is 6.94. The molecule has 1 aliphatic heterocycles. The molecule has 1 aromatic heterocycles. The van der Waals surface area contributed by atoms with Crippen LogP contribution in [0.25, 0.3) is 10.1 Å². The zero-order chi connectivity index (χ0) is 19.7. The molecule has 0 unspecified atom stereocenters. The molecule has 1 fully saturated rings. The van der Waals surface area contributed by atoms with E-state index < -0.39 is 0 Å². The zero-order valence-corrected chi connectivity index (χ0v) is 17.9. The lowest BCUT2D eigenvalue weighted by Gasteiger charge is -2.36. The second kappa shape index (κ2) is 8.29. The minimum Gasteiger partial charge on any atom is -0.366 e. The maximum atomic E-state index is 13.0. The fraction of sp³-hybridized carbons (Fsp3) is 0.286. The van der Waals surface area contributed by atoms with Gasteiger partial charge in [0.15, 0.2) is 0 Å². The van der Waals surface area contributed by atoms with Gasteiger partial charge in [-0.05, 0) is 24.7 Å². The summed E-state index contributed by atoms with van der Waals surface area (Å²) in [7, 11) is 0. The number of nitrogens with zero attached hydrogens (tertiary/aromatic N) is 2. The number of hydrogen-bond donors (Lipinski definition) is 1. The Hall–Kier alpha value is -1.79. The number of amides is 1. The molecule has 7 heteroatoms. The number of para-hydroxylation sites is 1. The third kappa shape index (κ3) is 3.72. The lowest BCUT2D eigenvalue weighted by atomic mass is 10.2. The molecule has 1 aliphatic rings. The van der Waals surface area contributed by atoms with E-state index in [9.17, 15) is 4.79 Å². The highest BCUT2D eigenvalue weighted by Gasteiger charge is 2.23. The highest BCUT2D eigenvalue weighted by molar-refractivity contribution is 7.21. The first-order chi connectivity index (χ1) is 13.6. The fourth-order valence-corrected chi connectivity index (χ4v) is 5.27. The summed E-state index contributed by atoms with van der Waals surface area (Å²) < 4.78 is 1.000. The fourth-order valence-electron chi connectivity index (χ4n) is 3.56. The van der Waals surface area contributed by atoms with Crippen molar-refractivity contribution in [2.75, 3.05) is 42.9 Å². The predicted molar refractivity (Wildman–Crippen MR) is 121 cm³/mol. The van der Waals surface area contributed by atoms with E-state index >= 15 is 0 Å². The largest absolute Gasteiger partial charge is 0.366 e. The van der Waals surface area contributed by atoms with Gasteiger partial charge in [0.1, 0.15) is 4.88 Å². The van der Waals surface area contributed by atoms with Crippen LogP contribution in [0.1, 0.15) is 16.6 Å². The Morgan fingerprint density at radius 2 is 1.82 bits per heavy atom. The molecule has 1 N–H and O–H groups in total. The van der Waals surface area contributed by atoms with E-state index in [4.69, 9.17) is 23.2 Å². The summed E-state index contributed by atoms with van der Waals surface area (Å²) in [6.07, 6.45) is 0. The molecular weight excluding hydrogens is 413 g/mol. The van der Waals surface area contributed by atoms with Crippen molar-refractivity contribution in [1.29, 1.82) is 0 Å². The van der Waals surface area contributed by atoms with Gasteiger partial charge >= 0.3 is 0 Å². The van der Waals surface area contributed by atoms with E-state index in [0.717, 1.165) is 54.2 Å². The Balaban J connectivity index is 1.62. The Morgan fingerprint density at radius 1 is 1.07 bits per heavy atom. The van der Waals surface area contributed by atoms with Crippen molar-refractivity contribution >= 4 is 61.9 Å². The van der Waals surface area contributed by atoms with Crippen molar-refractivity contribution in [1.82, 2.24) is 4.90 Å². The number of hydrogen-bond acceptors (Lipinski definition) is 4. The van der Waals surface area contributed by atoms with Crippen LogP contribution in [0.3, 0.4) is 0 Å². The van der Waals surface area contributed by atoms with Crippen molar-refractivity contribution in [3.8, 4) is 0 Å². The lowest BCUT2D eigenvalue weighted by Crippen LogP contribution is -2.46. The van der Waals surface area contributed by atoms with Gasteiger partial charge in [0.05, 0.1) is 21.4 Å². The third-order valence-corrected chi connectivity index (χ3v) is 7.09. The van der Waals surface area contributed by atoms with Crippen LogP contribution in [0.4, 0.5) is 11.4 Å². The molecule has 146 valence electrons. The normalized spacial score (nSPS) is 15.2. The van der Waals surface area contributed by atoms with E-state index in [2.05, 4.69) is 22.0 Å². The number of rotatable bonds is 4. The van der Waals surface area contributed by atoms with E-state index in [-0.39, 0.29) is 5.91 Å². The van der Waals surface area contributed by atoms with Crippen molar-refractivity contribution in [3.05, 3.63) is 57.4 Å². The minimum atomic E-state index is -0.207. The van der Waals surface area contributed by atoms with E-state index in [0.29, 0.717) is 14.9 Å². The predicted octanol–water partition coefficient (Wildman–Crippen LogP) is 5.60. The number of benzene rings is 2. The topological polar surface area (TPSA) is 35.6 Å². The Labute approximate surface area is 178 Å². The van der Waals surface area contributed by atoms with Gasteiger partial charge in [-0.15, -0.1) is 11.3 Å². The first-order valence-corrected chi connectivity index (χ1v) is 10.9. The Kier molecular flexibility index (Phi) is 5.78. The van der Waals surface area contributed by atoms with Gasteiger partial charge in [-0.1, -0.05) is 54.4 Å². The second-order valence-corrected chi connectivity index (χ2v) is 8.59. The molecule has 0 saturated carbocycles. The van der Waals surface area contributed by atoms with Crippen LogP contribution >= 0.6 is 34.5 Å². The third-order valence-electron chi connectivity index (χ3n) is 5.11. The smallest absolute Gasteiger partial charge is 0.267 e. The number of likely N-dealkylation sites (N-methyl/N-ethyl adjacent to an activating group) is 1. The zero-order valence-electron chi connectivity index (χ0n) is 15.5. The van der Waals surface area contributed by atoms with Gasteiger partial charge in [-0.25, -0.2) is 0 Å². The summed E-state index contributed by atoms with van der Waals surface area (Å²) in [5, 5.41) is 5.09. The quantitative estimate of drug-likeness (QED) is 0.581. The number of fused-ring (bicyclic) bond motifs is 1.